The van der Waals surface area contributed by atoms with Gasteiger partial charge in [0.05, 0.1) is 0 Å². The Balaban J connectivity index is 2.21. The minimum atomic E-state index is -0.0369. The van der Waals surface area contributed by atoms with Gasteiger partial charge in [0.15, 0.2) is 0 Å². The molecule has 0 atom stereocenters. The number of rotatable bonds is 7. The average molecular weight is 265 g/mol. The van der Waals surface area contributed by atoms with Crippen LogP contribution < -0.4 is 5.32 Å². The van der Waals surface area contributed by atoms with Crippen LogP contribution in [0.15, 0.2) is 25.3 Å². The predicted molar refractivity (Wildman–Crippen MR) is 80.2 cm³/mol. The van der Waals surface area contributed by atoms with Crippen LogP contribution in [0.3, 0.4) is 0 Å². The van der Waals surface area contributed by atoms with Gasteiger partial charge in [0, 0.05) is 26.2 Å². The summed E-state index contributed by atoms with van der Waals surface area (Å²) in [5.41, 5.74) is 0. The van der Waals surface area contributed by atoms with Gasteiger partial charge in [0.1, 0.15) is 0 Å². The first-order valence-corrected chi connectivity index (χ1v) is 7.14. The molecule has 1 N–H and O–H groups in total. The number of carbonyl (C=O) groups excluding carboxylic acids is 1. The van der Waals surface area contributed by atoms with Gasteiger partial charge in [0.25, 0.3) is 0 Å². The van der Waals surface area contributed by atoms with Gasteiger partial charge in [-0.1, -0.05) is 19.1 Å². The summed E-state index contributed by atoms with van der Waals surface area (Å²) < 4.78 is 0. The average Bonchev–Trinajstić information content (AvgIpc) is 2.40. The van der Waals surface area contributed by atoms with Crippen molar-refractivity contribution in [2.45, 2.75) is 19.8 Å². The molecule has 0 saturated carbocycles. The zero-order chi connectivity index (χ0) is 14.1. The molecule has 19 heavy (non-hydrogen) atoms. The van der Waals surface area contributed by atoms with Crippen molar-refractivity contribution in [3.63, 3.8) is 0 Å². The molecule has 0 aromatic rings. The molecule has 1 fully saturated rings. The van der Waals surface area contributed by atoms with Gasteiger partial charge < -0.3 is 15.1 Å². The SMILES string of the molecule is C=CCN(CC=C)C(=O)NCCN1CCC(C)CC1. The lowest BCUT2D eigenvalue weighted by atomic mass is 9.99. The van der Waals surface area contributed by atoms with Gasteiger partial charge >= 0.3 is 6.03 Å². The molecule has 0 bridgehead atoms. The molecule has 0 unspecified atom stereocenters. The molecule has 1 aliphatic rings. The maximum Gasteiger partial charge on any atom is 0.318 e. The highest BCUT2D eigenvalue weighted by molar-refractivity contribution is 5.74. The molecule has 1 rings (SSSR count). The Kier molecular flexibility index (Phi) is 7.26. The van der Waals surface area contributed by atoms with Crippen LogP contribution in [0.1, 0.15) is 19.8 Å². The van der Waals surface area contributed by atoms with Crippen molar-refractivity contribution in [1.29, 1.82) is 0 Å². The second-order valence-electron chi connectivity index (χ2n) is 5.24. The van der Waals surface area contributed by atoms with Crippen molar-refractivity contribution >= 4 is 6.03 Å². The summed E-state index contributed by atoms with van der Waals surface area (Å²) in [6.07, 6.45) is 6.00. The summed E-state index contributed by atoms with van der Waals surface area (Å²) in [5, 5.41) is 2.96. The Morgan fingerprint density at radius 3 is 2.42 bits per heavy atom. The van der Waals surface area contributed by atoms with Crippen LogP contribution >= 0.6 is 0 Å². The Morgan fingerprint density at radius 1 is 1.32 bits per heavy atom. The summed E-state index contributed by atoms with van der Waals surface area (Å²) >= 11 is 0. The fourth-order valence-corrected chi connectivity index (χ4v) is 2.27. The normalized spacial score (nSPS) is 16.9. The van der Waals surface area contributed by atoms with E-state index in [1.54, 1.807) is 17.1 Å². The Hall–Kier alpha value is -1.29. The third-order valence-corrected chi connectivity index (χ3v) is 3.57. The van der Waals surface area contributed by atoms with Crippen LogP contribution in [0.5, 0.6) is 0 Å². The van der Waals surface area contributed by atoms with Crippen LogP contribution in [-0.2, 0) is 0 Å². The van der Waals surface area contributed by atoms with Crippen molar-refractivity contribution in [3.05, 3.63) is 25.3 Å². The number of urea groups is 1. The number of piperidine rings is 1. The molecule has 0 spiro atoms. The lowest BCUT2D eigenvalue weighted by Gasteiger charge is -2.30. The highest BCUT2D eigenvalue weighted by atomic mass is 16.2. The highest BCUT2D eigenvalue weighted by Crippen LogP contribution is 2.15. The zero-order valence-corrected chi connectivity index (χ0v) is 12.1. The van der Waals surface area contributed by atoms with E-state index in [1.807, 2.05) is 0 Å². The van der Waals surface area contributed by atoms with E-state index < -0.39 is 0 Å². The fraction of sp³-hybridized carbons (Fsp3) is 0.667. The first kappa shape index (κ1) is 15.8. The first-order chi connectivity index (χ1) is 9.17. The summed E-state index contributed by atoms with van der Waals surface area (Å²) in [6.45, 7) is 14.7. The number of carbonyl (C=O) groups is 1. The van der Waals surface area contributed by atoms with Crippen molar-refractivity contribution in [1.82, 2.24) is 15.1 Å². The highest BCUT2D eigenvalue weighted by Gasteiger charge is 2.15. The van der Waals surface area contributed by atoms with Crippen LogP contribution in [0.2, 0.25) is 0 Å². The van der Waals surface area contributed by atoms with Gasteiger partial charge in [-0.3, -0.25) is 0 Å². The first-order valence-electron chi connectivity index (χ1n) is 7.14. The molecule has 1 heterocycles. The van der Waals surface area contributed by atoms with E-state index >= 15 is 0 Å². The fourth-order valence-electron chi connectivity index (χ4n) is 2.27. The van der Waals surface area contributed by atoms with Crippen molar-refractivity contribution in [3.8, 4) is 0 Å². The molecule has 108 valence electrons. The standard InChI is InChI=1S/C15H27N3O/c1-4-9-18(10-5-2)15(19)16-8-13-17-11-6-14(3)7-12-17/h4-5,14H,1-2,6-13H2,3H3,(H,16,19). The second-order valence-corrected chi connectivity index (χ2v) is 5.24. The van der Waals surface area contributed by atoms with Crippen molar-refractivity contribution in [2.75, 3.05) is 39.3 Å². The number of amides is 2. The number of hydrogen-bond donors (Lipinski definition) is 1. The molecule has 0 aromatic heterocycles. The molecule has 0 aromatic carbocycles. The van der Waals surface area contributed by atoms with Gasteiger partial charge in [-0.15, -0.1) is 13.2 Å². The summed E-state index contributed by atoms with van der Waals surface area (Å²) in [5.74, 6) is 0.849. The summed E-state index contributed by atoms with van der Waals surface area (Å²) in [6, 6.07) is -0.0369. The maximum absolute atomic E-state index is 11.9. The number of nitrogens with one attached hydrogen (secondary N) is 1. The van der Waals surface area contributed by atoms with E-state index in [4.69, 9.17) is 0 Å². The minimum absolute atomic E-state index is 0.0369. The van der Waals surface area contributed by atoms with Gasteiger partial charge in [-0.2, -0.15) is 0 Å². The summed E-state index contributed by atoms with van der Waals surface area (Å²) in [4.78, 5) is 16.0. The lowest BCUT2D eigenvalue weighted by Crippen LogP contribution is -2.44. The Bertz CT molecular complexity index is 286. The smallest absolute Gasteiger partial charge is 0.318 e. The van der Waals surface area contributed by atoms with Crippen molar-refractivity contribution in [2.24, 2.45) is 5.92 Å². The number of nitrogens with zero attached hydrogens (tertiary/aromatic N) is 2. The molecule has 4 heteroatoms. The quantitative estimate of drug-likeness (QED) is 0.716. The molecule has 1 saturated heterocycles. The van der Waals surface area contributed by atoms with Gasteiger partial charge in [0.2, 0.25) is 0 Å². The molecule has 1 aliphatic heterocycles. The minimum Gasteiger partial charge on any atom is -0.337 e. The van der Waals surface area contributed by atoms with Gasteiger partial charge in [-0.05, 0) is 31.8 Å². The third-order valence-electron chi connectivity index (χ3n) is 3.57. The largest absolute Gasteiger partial charge is 0.337 e. The van der Waals surface area contributed by atoms with E-state index in [0.717, 1.165) is 25.6 Å². The molecule has 4 nitrogen and oxygen atoms in total. The predicted octanol–water partition coefficient (Wildman–Crippen LogP) is 2.10. The lowest BCUT2D eigenvalue weighted by molar-refractivity contribution is 0.185. The molecule has 0 radical (unpaired) electrons. The number of likely N-dealkylation sites (tertiary alicyclic amines) is 1. The number of hydrogen-bond acceptors (Lipinski definition) is 2. The van der Waals surface area contributed by atoms with E-state index in [-0.39, 0.29) is 6.03 Å². The monoisotopic (exact) mass is 265 g/mol. The molecule has 2 amide bonds. The second kappa shape index (κ2) is 8.75. The van der Waals surface area contributed by atoms with E-state index in [9.17, 15) is 4.79 Å². The summed E-state index contributed by atoms with van der Waals surface area (Å²) in [7, 11) is 0. The van der Waals surface area contributed by atoms with Crippen LogP contribution in [0, 0.1) is 5.92 Å². The Morgan fingerprint density at radius 2 is 1.89 bits per heavy atom. The van der Waals surface area contributed by atoms with Crippen LogP contribution in [0.25, 0.3) is 0 Å². The van der Waals surface area contributed by atoms with Gasteiger partial charge in [-0.25, -0.2) is 4.79 Å². The molecular formula is C15H27N3O. The van der Waals surface area contributed by atoms with E-state index in [2.05, 4.69) is 30.3 Å². The Labute approximate surface area is 117 Å². The maximum atomic E-state index is 11.9. The van der Waals surface area contributed by atoms with E-state index in [0.29, 0.717) is 19.6 Å². The van der Waals surface area contributed by atoms with Crippen LogP contribution in [0.4, 0.5) is 4.79 Å². The molecule has 0 aliphatic carbocycles. The topological polar surface area (TPSA) is 35.6 Å². The van der Waals surface area contributed by atoms with E-state index in [1.165, 1.54) is 12.8 Å². The third kappa shape index (κ3) is 5.92. The van der Waals surface area contributed by atoms with Crippen LogP contribution in [-0.4, -0.2) is 55.1 Å². The zero-order valence-electron chi connectivity index (χ0n) is 12.1. The van der Waals surface area contributed by atoms with Crippen molar-refractivity contribution < 1.29 is 4.79 Å². The molecular weight excluding hydrogens is 238 g/mol.